The van der Waals surface area contributed by atoms with Crippen LogP contribution in [0.25, 0.3) is 97.4 Å². The maximum absolute atomic E-state index is 5.32. The summed E-state index contributed by atoms with van der Waals surface area (Å²) in [5.74, 6) is 0.776. The van der Waals surface area contributed by atoms with Crippen molar-refractivity contribution >= 4 is 91.7 Å². The summed E-state index contributed by atoms with van der Waals surface area (Å²) >= 11 is 3.72. The molecule has 0 bridgehead atoms. The molecule has 3 nitrogen and oxygen atoms in total. The van der Waals surface area contributed by atoms with Crippen LogP contribution in [0, 0.1) is 0 Å². The maximum atomic E-state index is 5.32. The molecule has 11 rings (SSSR count). The van der Waals surface area contributed by atoms with E-state index in [-0.39, 0.29) is 0 Å². The van der Waals surface area contributed by atoms with Gasteiger partial charge >= 0.3 is 0 Å². The number of aryl methyl sites for hydroxylation is 1. The standard InChI is InChI=1S/C44H27N3S2/c1-2-13-26(14-3-1)44-45-39(43-40(46-44)33-21-8-11-24-36(33)49-43)27-15-12-16-28(25-27)47-34-22-9-6-19-31(34)37-29-17-4-5-18-30(29)42-38(41(37)47)32-20-7-10-23-35(32)48-42/h1-7,9-20,22-25H,8,21H2. The van der Waals surface area contributed by atoms with Crippen LogP contribution in [0.2, 0.25) is 0 Å². The second-order valence-electron chi connectivity index (χ2n) is 12.8. The monoisotopic (exact) mass is 661 g/mol. The molecule has 0 N–H and O–H groups in total. The predicted molar refractivity (Wildman–Crippen MR) is 210 cm³/mol. The van der Waals surface area contributed by atoms with E-state index >= 15 is 0 Å². The SMILES string of the molecule is C1=Cc2sc3c(-c4cccc(-n5c6ccccc6c6c7ccccc7c7sc8ccccc8c7c65)c4)nc(-c4ccccc4)nc3c2CC1. The van der Waals surface area contributed by atoms with E-state index in [0.29, 0.717) is 0 Å². The summed E-state index contributed by atoms with van der Waals surface area (Å²) in [5.41, 5.74) is 9.17. The van der Waals surface area contributed by atoms with Crippen molar-refractivity contribution < 1.29 is 0 Å². The lowest BCUT2D eigenvalue weighted by atomic mass is 10.00. The Morgan fingerprint density at radius 3 is 2.24 bits per heavy atom. The first-order chi connectivity index (χ1) is 24.3. The minimum Gasteiger partial charge on any atom is -0.309 e. The van der Waals surface area contributed by atoms with E-state index in [4.69, 9.17) is 9.97 Å². The largest absolute Gasteiger partial charge is 0.309 e. The van der Waals surface area contributed by atoms with Crippen molar-refractivity contribution in [3.8, 4) is 28.3 Å². The molecule has 0 aliphatic heterocycles. The van der Waals surface area contributed by atoms with Crippen LogP contribution in [0.4, 0.5) is 0 Å². The van der Waals surface area contributed by atoms with Gasteiger partial charge in [0.15, 0.2) is 5.82 Å². The molecule has 4 heterocycles. The highest BCUT2D eigenvalue weighted by molar-refractivity contribution is 7.27. The molecule has 0 unspecified atom stereocenters. The topological polar surface area (TPSA) is 30.7 Å². The minimum atomic E-state index is 0.776. The van der Waals surface area contributed by atoms with Crippen LogP contribution in [-0.2, 0) is 6.42 Å². The van der Waals surface area contributed by atoms with Crippen LogP contribution >= 0.6 is 22.7 Å². The van der Waals surface area contributed by atoms with Crippen molar-refractivity contribution in [2.45, 2.75) is 12.8 Å². The van der Waals surface area contributed by atoms with Gasteiger partial charge in [0.05, 0.1) is 26.9 Å². The smallest absolute Gasteiger partial charge is 0.160 e. The zero-order valence-electron chi connectivity index (χ0n) is 26.4. The van der Waals surface area contributed by atoms with Crippen molar-refractivity contribution in [1.29, 1.82) is 0 Å². The molecule has 1 aliphatic rings. The van der Waals surface area contributed by atoms with E-state index in [0.717, 1.165) is 51.4 Å². The van der Waals surface area contributed by atoms with Gasteiger partial charge in [0.1, 0.15) is 0 Å². The third-order valence-electron chi connectivity index (χ3n) is 10.0. The molecular formula is C44H27N3S2. The van der Waals surface area contributed by atoms with Gasteiger partial charge < -0.3 is 4.57 Å². The highest BCUT2D eigenvalue weighted by Crippen LogP contribution is 2.48. The fourth-order valence-electron chi connectivity index (χ4n) is 7.93. The molecule has 0 saturated carbocycles. The van der Waals surface area contributed by atoms with E-state index < -0.39 is 0 Å². The number of allylic oxidation sites excluding steroid dienone is 1. The lowest BCUT2D eigenvalue weighted by Gasteiger charge is -2.13. The molecule has 230 valence electrons. The summed E-state index contributed by atoms with van der Waals surface area (Å²) in [4.78, 5) is 11.8. The Morgan fingerprint density at radius 2 is 1.35 bits per heavy atom. The van der Waals surface area contributed by atoms with Gasteiger partial charge in [-0.05, 0) is 54.1 Å². The van der Waals surface area contributed by atoms with E-state index in [1.54, 1.807) is 0 Å². The van der Waals surface area contributed by atoms with Crippen LogP contribution in [-0.4, -0.2) is 14.5 Å². The average molecular weight is 662 g/mol. The average Bonchev–Trinajstić information content (AvgIpc) is 3.85. The first-order valence-electron chi connectivity index (χ1n) is 16.7. The van der Waals surface area contributed by atoms with Gasteiger partial charge in [-0.2, -0.15) is 0 Å². The molecule has 5 heteroatoms. The maximum Gasteiger partial charge on any atom is 0.160 e. The van der Waals surface area contributed by atoms with E-state index in [1.807, 2.05) is 28.7 Å². The number of benzene rings is 6. The third-order valence-corrected chi connectivity index (χ3v) is 12.4. The number of hydrogen-bond donors (Lipinski definition) is 0. The lowest BCUT2D eigenvalue weighted by Crippen LogP contribution is -1.98. The Hall–Kier alpha value is -5.62. The number of nitrogens with zero attached hydrogens (tertiary/aromatic N) is 3. The molecule has 1 aliphatic carbocycles. The number of hydrogen-bond acceptors (Lipinski definition) is 4. The quantitative estimate of drug-likeness (QED) is 0.189. The van der Waals surface area contributed by atoms with Crippen molar-refractivity contribution in [3.05, 3.63) is 144 Å². The molecule has 0 atom stereocenters. The number of fused-ring (bicyclic) bond motifs is 13. The fourth-order valence-corrected chi connectivity index (χ4v) is 10.4. The molecule has 10 aromatic rings. The van der Waals surface area contributed by atoms with Gasteiger partial charge in [-0.1, -0.05) is 109 Å². The molecule has 0 fully saturated rings. The van der Waals surface area contributed by atoms with E-state index in [9.17, 15) is 0 Å². The summed E-state index contributed by atoms with van der Waals surface area (Å²) in [6, 6.07) is 46.1. The van der Waals surface area contributed by atoms with Crippen LogP contribution in [0.1, 0.15) is 16.9 Å². The Balaban J connectivity index is 1.25. The van der Waals surface area contributed by atoms with Gasteiger partial charge in [-0.15, -0.1) is 22.7 Å². The molecule has 4 aromatic heterocycles. The number of thiophene rings is 2. The summed E-state index contributed by atoms with van der Waals surface area (Å²) in [5, 5.41) is 7.82. The summed E-state index contributed by atoms with van der Waals surface area (Å²) < 4.78 is 6.31. The minimum absolute atomic E-state index is 0.776. The first-order valence-corrected chi connectivity index (χ1v) is 18.4. The highest BCUT2D eigenvalue weighted by Gasteiger charge is 2.24. The molecule has 0 radical (unpaired) electrons. The summed E-state index contributed by atoms with van der Waals surface area (Å²) in [7, 11) is 0. The van der Waals surface area contributed by atoms with Gasteiger partial charge in [0.2, 0.25) is 0 Å². The number of aromatic nitrogens is 3. The second-order valence-corrected chi connectivity index (χ2v) is 14.9. The normalized spacial score (nSPS) is 13.1. The second kappa shape index (κ2) is 10.4. The molecule has 0 spiro atoms. The van der Waals surface area contributed by atoms with E-state index in [2.05, 4.69) is 138 Å². The van der Waals surface area contributed by atoms with Crippen LogP contribution in [0.5, 0.6) is 0 Å². The molecule has 6 aromatic carbocycles. The van der Waals surface area contributed by atoms with Gasteiger partial charge in [-0.3, -0.25) is 0 Å². The van der Waals surface area contributed by atoms with Gasteiger partial charge in [0, 0.05) is 58.0 Å². The summed E-state index contributed by atoms with van der Waals surface area (Å²) in [6.07, 6.45) is 6.61. The van der Waals surface area contributed by atoms with Crippen LogP contribution in [0.3, 0.4) is 0 Å². The molecule has 0 saturated heterocycles. The van der Waals surface area contributed by atoms with Gasteiger partial charge in [0.25, 0.3) is 0 Å². The Bertz CT molecular complexity index is 3000. The third kappa shape index (κ3) is 3.94. The van der Waals surface area contributed by atoms with Crippen molar-refractivity contribution in [3.63, 3.8) is 0 Å². The van der Waals surface area contributed by atoms with E-state index in [1.165, 1.54) is 63.2 Å². The zero-order valence-corrected chi connectivity index (χ0v) is 28.0. The van der Waals surface area contributed by atoms with Gasteiger partial charge in [-0.25, -0.2) is 9.97 Å². The van der Waals surface area contributed by atoms with Crippen LogP contribution < -0.4 is 0 Å². The Labute approximate surface area is 290 Å². The van der Waals surface area contributed by atoms with Crippen molar-refractivity contribution in [2.24, 2.45) is 0 Å². The summed E-state index contributed by atoms with van der Waals surface area (Å²) in [6.45, 7) is 0. The Morgan fingerprint density at radius 1 is 0.592 bits per heavy atom. The predicted octanol–water partition coefficient (Wildman–Crippen LogP) is 12.6. The number of para-hydroxylation sites is 1. The zero-order chi connectivity index (χ0) is 32.1. The Kier molecular flexibility index (Phi) is 5.82. The molecular weight excluding hydrogens is 635 g/mol. The lowest BCUT2D eigenvalue weighted by molar-refractivity contribution is 0.999. The molecule has 49 heavy (non-hydrogen) atoms. The first kappa shape index (κ1) is 27.3. The van der Waals surface area contributed by atoms with Crippen LogP contribution in [0.15, 0.2) is 133 Å². The fraction of sp³-hybridized carbons (Fsp3) is 0.0455. The van der Waals surface area contributed by atoms with Crippen molar-refractivity contribution in [1.82, 2.24) is 14.5 Å². The highest BCUT2D eigenvalue weighted by atomic mass is 32.1. The number of rotatable bonds is 3. The molecule has 0 amide bonds. The van der Waals surface area contributed by atoms with Crippen molar-refractivity contribution in [2.75, 3.05) is 0 Å².